The van der Waals surface area contributed by atoms with Gasteiger partial charge in [-0.15, -0.1) is 10.2 Å². The Bertz CT molecular complexity index is 482. The summed E-state index contributed by atoms with van der Waals surface area (Å²) in [4.78, 5) is 0. The monoisotopic (exact) mass is 234 g/mol. The average Bonchev–Trinajstić information content (AvgIpc) is 2.85. The number of methoxy groups -OCH3 is 1. The first-order chi connectivity index (χ1) is 8.33. The maximum absolute atomic E-state index is 8.71. The SMILES string of the molecule is COc1cccc(-c2nnc(CCCO)o2)c1. The van der Waals surface area contributed by atoms with Gasteiger partial charge in [0.05, 0.1) is 7.11 Å². The molecule has 0 aliphatic carbocycles. The lowest BCUT2D eigenvalue weighted by atomic mass is 10.2. The van der Waals surface area contributed by atoms with Crippen molar-refractivity contribution in [1.82, 2.24) is 10.2 Å². The zero-order valence-electron chi connectivity index (χ0n) is 9.59. The number of hydrogen-bond donors (Lipinski definition) is 1. The molecule has 1 aromatic heterocycles. The fourth-order valence-electron chi connectivity index (χ4n) is 1.46. The maximum Gasteiger partial charge on any atom is 0.247 e. The van der Waals surface area contributed by atoms with Gasteiger partial charge in [0.1, 0.15) is 5.75 Å². The first-order valence-electron chi connectivity index (χ1n) is 5.41. The van der Waals surface area contributed by atoms with Crippen molar-refractivity contribution in [3.8, 4) is 17.2 Å². The number of aliphatic hydroxyl groups excluding tert-OH is 1. The second-order valence-corrected chi connectivity index (χ2v) is 3.56. The van der Waals surface area contributed by atoms with Gasteiger partial charge in [0, 0.05) is 18.6 Å². The highest BCUT2D eigenvalue weighted by Crippen LogP contribution is 2.22. The van der Waals surface area contributed by atoms with Crippen molar-refractivity contribution in [2.75, 3.05) is 13.7 Å². The number of aromatic nitrogens is 2. The van der Waals surface area contributed by atoms with Crippen molar-refractivity contribution in [1.29, 1.82) is 0 Å². The lowest BCUT2D eigenvalue weighted by molar-refractivity contribution is 0.283. The smallest absolute Gasteiger partial charge is 0.247 e. The molecule has 0 aliphatic heterocycles. The highest BCUT2D eigenvalue weighted by molar-refractivity contribution is 5.55. The zero-order chi connectivity index (χ0) is 12.1. The molecule has 0 unspecified atom stereocenters. The van der Waals surface area contributed by atoms with Crippen LogP contribution in [-0.4, -0.2) is 29.0 Å². The second kappa shape index (κ2) is 5.45. The number of rotatable bonds is 5. The molecule has 0 spiro atoms. The van der Waals surface area contributed by atoms with Gasteiger partial charge in [0.15, 0.2) is 0 Å². The van der Waals surface area contributed by atoms with E-state index in [1.165, 1.54) is 0 Å². The first-order valence-corrected chi connectivity index (χ1v) is 5.41. The summed E-state index contributed by atoms with van der Waals surface area (Å²) in [5.41, 5.74) is 0.826. The second-order valence-electron chi connectivity index (χ2n) is 3.56. The van der Waals surface area contributed by atoms with Crippen molar-refractivity contribution < 1.29 is 14.3 Å². The van der Waals surface area contributed by atoms with Gasteiger partial charge in [-0.25, -0.2) is 0 Å². The topological polar surface area (TPSA) is 68.4 Å². The first kappa shape index (κ1) is 11.6. The molecule has 5 heteroatoms. The summed E-state index contributed by atoms with van der Waals surface area (Å²) < 4.78 is 10.6. The zero-order valence-corrected chi connectivity index (χ0v) is 9.59. The largest absolute Gasteiger partial charge is 0.497 e. The minimum Gasteiger partial charge on any atom is -0.497 e. The van der Waals surface area contributed by atoms with Crippen LogP contribution in [0.25, 0.3) is 11.5 Å². The van der Waals surface area contributed by atoms with Crippen molar-refractivity contribution in [2.24, 2.45) is 0 Å². The van der Waals surface area contributed by atoms with Gasteiger partial charge in [0.25, 0.3) is 0 Å². The Morgan fingerprint density at radius 3 is 3.00 bits per heavy atom. The highest BCUT2D eigenvalue weighted by atomic mass is 16.5. The van der Waals surface area contributed by atoms with E-state index in [1.807, 2.05) is 24.3 Å². The lowest BCUT2D eigenvalue weighted by Gasteiger charge is -2.00. The molecule has 0 aliphatic rings. The Morgan fingerprint density at radius 2 is 2.24 bits per heavy atom. The van der Waals surface area contributed by atoms with E-state index in [9.17, 15) is 0 Å². The van der Waals surface area contributed by atoms with Crippen molar-refractivity contribution in [3.05, 3.63) is 30.2 Å². The van der Waals surface area contributed by atoms with Crippen LogP contribution in [-0.2, 0) is 6.42 Å². The molecule has 5 nitrogen and oxygen atoms in total. The summed E-state index contributed by atoms with van der Waals surface area (Å²) in [6, 6.07) is 7.44. The van der Waals surface area contributed by atoms with Gasteiger partial charge in [-0.2, -0.15) is 0 Å². The van der Waals surface area contributed by atoms with Crippen LogP contribution in [0.3, 0.4) is 0 Å². The third kappa shape index (κ3) is 2.82. The molecule has 0 bridgehead atoms. The van der Waals surface area contributed by atoms with Gasteiger partial charge >= 0.3 is 0 Å². The number of nitrogens with zero attached hydrogens (tertiary/aromatic N) is 2. The van der Waals surface area contributed by atoms with Crippen LogP contribution in [0.2, 0.25) is 0 Å². The van der Waals surface area contributed by atoms with Gasteiger partial charge < -0.3 is 14.3 Å². The molecule has 0 saturated carbocycles. The number of benzene rings is 1. The minimum atomic E-state index is 0.122. The normalized spacial score (nSPS) is 10.5. The van der Waals surface area contributed by atoms with Crippen molar-refractivity contribution >= 4 is 0 Å². The Kier molecular flexibility index (Phi) is 3.72. The van der Waals surface area contributed by atoms with Crippen molar-refractivity contribution in [3.63, 3.8) is 0 Å². The predicted octanol–water partition coefficient (Wildman–Crippen LogP) is 1.67. The van der Waals surface area contributed by atoms with E-state index in [-0.39, 0.29) is 6.61 Å². The predicted molar refractivity (Wildman–Crippen MR) is 61.7 cm³/mol. The fourth-order valence-corrected chi connectivity index (χ4v) is 1.46. The van der Waals surface area contributed by atoms with E-state index >= 15 is 0 Å². The number of aliphatic hydroxyl groups is 1. The summed E-state index contributed by atoms with van der Waals surface area (Å²) in [5, 5.41) is 16.6. The standard InChI is InChI=1S/C12H14N2O3/c1-16-10-5-2-4-9(8-10)12-14-13-11(17-12)6-3-7-15/h2,4-5,8,15H,3,6-7H2,1H3. The fraction of sp³-hybridized carbons (Fsp3) is 0.333. The molecule has 2 aromatic rings. The van der Waals surface area contributed by atoms with Gasteiger partial charge in [-0.3, -0.25) is 0 Å². The van der Waals surface area contributed by atoms with Crippen LogP contribution in [0.1, 0.15) is 12.3 Å². The third-order valence-corrected chi connectivity index (χ3v) is 2.33. The molecule has 0 saturated heterocycles. The molecule has 2 rings (SSSR count). The van der Waals surface area contributed by atoms with E-state index in [0.29, 0.717) is 24.6 Å². The maximum atomic E-state index is 8.71. The van der Waals surface area contributed by atoms with Gasteiger partial charge in [0.2, 0.25) is 11.8 Å². The van der Waals surface area contributed by atoms with Crippen LogP contribution < -0.4 is 4.74 Å². The summed E-state index contributed by atoms with van der Waals surface area (Å²) in [5.74, 6) is 1.76. The Labute approximate surface area is 99.1 Å². The van der Waals surface area contributed by atoms with Gasteiger partial charge in [-0.1, -0.05) is 6.07 Å². The van der Waals surface area contributed by atoms with Crippen LogP contribution in [0.15, 0.2) is 28.7 Å². The van der Waals surface area contributed by atoms with Gasteiger partial charge in [-0.05, 0) is 24.6 Å². The molecular formula is C12H14N2O3. The Morgan fingerprint density at radius 1 is 1.35 bits per heavy atom. The molecule has 0 amide bonds. The molecule has 0 radical (unpaired) electrons. The van der Waals surface area contributed by atoms with Crippen LogP contribution in [0, 0.1) is 0 Å². The van der Waals surface area contributed by atoms with E-state index < -0.39 is 0 Å². The molecule has 90 valence electrons. The number of ether oxygens (including phenoxy) is 1. The summed E-state index contributed by atoms with van der Waals surface area (Å²) in [6.45, 7) is 0.122. The van der Waals surface area contributed by atoms with E-state index in [1.54, 1.807) is 7.11 Å². The molecular weight excluding hydrogens is 220 g/mol. The molecule has 0 fully saturated rings. The average molecular weight is 234 g/mol. The van der Waals surface area contributed by atoms with Crippen molar-refractivity contribution in [2.45, 2.75) is 12.8 Å². The molecule has 1 N–H and O–H groups in total. The molecule has 0 atom stereocenters. The van der Waals surface area contributed by atoms with E-state index in [2.05, 4.69) is 10.2 Å². The third-order valence-electron chi connectivity index (χ3n) is 2.33. The van der Waals surface area contributed by atoms with E-state index in [0.717, 1.165) is 11.3 Å². The van der Waals surface area contributed by atoms with E-state index in [4.69, 9.17) is 14.3 Å². The summed E-state index contributed by atoms with van der Waals surface area (Å²) in [6.07, 6.45) is 1.22. The Hall–Kier alpha value is -1.88. The molecule has 1 heterocycles. The van der Waals surface area contributed by atoms with Crippen LogP contribution in [0.4, 0.5) is 0 Å². The summed E-state index contributed by atoms with van der Waals surface area (Å²) >= 11 is 0. The Balaban J connectivity index is 2.18. The summed E-state index contributed by atoms with van der Waals surface area (Å²) in [7, 11) is 1.61. The molecule has 17 heavy (non-hydrogen) atoms. The number of aryl methyl sites for hydroxylation is 1. The lowest BCUT2D eigenvalue weighted by Crippen LogP contribution is -1.88. The van der Waals surface area contributed by atoms with Crippen LogP contribution in [0.5, 0.6) is 5.75 Å². The highest BCUT2D eigenvalue weighted by Gasteiger charge is 2.08. The molecule has 1 aromatic carbocycles. The van der Waals surface area contributed by atoms with Crippen LogP contribution >= 0.6 is 0 Å². The minimum absolute atomic E-state index is 0.122. The quantitative estimate of drug-likeness (QED) is 0.852. The number of hydrogen-bond acceptors (Lipinski definition) is 5.